The second-order valence-electron chi connectivity index (χ2n) is 4.37. The lowest BCUT2D eigenvalue weighted by Crippen LogP contribution is -1.91. The first-order valence-electron chi connectivity index (χ1n) is 6.19. The predicted molar refractivity (Wildman–Crippen MR) is 81.4 cm³/mol. The summed E-state index contributed by atoms with van der Waals surface area (Å²) >= 11 is 0. The molecule has 100 valence electrons. The highest BCUT2D eigenvalue weighted by Gasteiger charge is 2.14. The molecule has 0 spiro atoms. The molecule has 0 saturated heterocycles. The summed E-state index contributed by atoms with van der Waals surface area (Å²) in [5.41, 5.74) is 1.82. The van der Waals surface area contributed by atoms with Gasteiger partial charge in [0.05, 0.1) is 0 Å². The van der Waals surface area contributed by atoms with Gasteiger partial charge < -0.3 is 14.3 Å². The molecule has 0 aliphatic carbocycles. The summed E-state index contributed by atoms with van der Waals surface area (Å²) in [6, 6.07) is 21.4. The third-order valence-corrected chi connectivity index (χ3v) is 3.48. The van der Waals surface area contributed by atoms with E-state index in [2.05, 4.69) is 0 Å². The molecule has 0 heterocycles. The van der Waals surface area contributed by atoms with E-state index in [-0.39, 0.29) is 0 Å². The summed E-state index contributed by atoms with van der Waals surface area (Å²) < 4.78 is 5.29. The summed E-state index contributed by atoms with van der Waals surface area (Å²) in [6.07, 6.45) is 0. The Labute approximate surface area is 118 Å². The van der Waals surface area contributed by atoms with Crippen molar-refractivity contribution >= 4 is 19.4 Å². The van der Waals surface area contributed by atoms with Gasteiger partial charge in [0.1, 0.15) is 5.75 Å². The highest BCUT2D eigenvalue weighted by atomic mass is 31.2. The molecule has 3 rings (SSSR count). The molecular formula is C16H13O3P. The van der Waals surface area contributed by atoms with Crippen molar-refractivity contribution in [3.05, 3.63) is 66.7 Å². The molecule has 0 aliphatic rings. The minimum absolute atomic E-state index is 0.505. The van der Waals surface area contributed by atoms with E-state index in [1.807, 2.05) is 66.7 Å². The maximum Gasteiger partial charge on any atom is 0.391 e. The van der Waals surface area contributed by atoms with Gasteiger partial charge in [0.25, 0.3) is 0 Å². The van der Waals surface area contributed by atoms with Gasteiger partial charge in [-0.3, -0.25) is 0 Å². The summed E-state index contributed by atoms with van der Waals surface area (Å²) in [6.45, 7) is 0. The minimum atomic E-state index is -2.46. The Morgan fingerprint density at radius 3 is 2.20 bits per heavy atom. The zero-order valence-electron chi connectivity index (χ0n) is 10.6. The topological polar surface area (TPSA) is 49.7 Å². The van der Waals surface area contributed by atoms with Crippen LogP contribution in [0.15, 0.2) is 66.7 Å². The third kappa shape index (κ3) is 2.52. The standard InChI is InChI=1S/C16H13O3P/c17-20(18)19-16-14-9-5-4-8-13(14)10-11-15(16)12-6-2-1-3-7-12/h1-11,17-18H. The largest absolute Gasteiger partial charge is 0.426 e. The Hall–Kier alpha value is -1.93. The maximum absolute atomic E-state index is 9.23. The average Bonchev–Trinajstić information content (AvgIpc) is 2.48. The van der Waals surface area contributed by atoms with Crippen LogP contribution in [-0.4, -0.2) is 9.79 Å². The van der Waals surface area contributed by atoms with Crippen molar-refractivity contribution in [1.29, 1.82) is 0 Å². The van der Waals surface area contributed by atoms with Gasteiger partial charge in [0.15, 0.2) is 0 Å². The zero-order chi connectivity index (χ0) is 13.9. The number of rotatable bonds is 3. The Bertz CT molecular complexity index is 726. The Morgan fingerprint density at radius 2 is 1.45 bits per heavy atom. The van der Waals surface area contributed by atoms with Crippen LogP contribution in [0.4, 0.5) is 0 Å². The van der Waals surface area contributed by atoms with Crippen molar-refractivity contribution in [2.24, 2.45) is 0 Å². The number of hydrogen-bond donors (Lipinski definition) is 2. The van der Waals surface area contributed by atoms with Crippen LogP contribution < -0.4 is 4.52 Å². The zero-order valence-corrected chi connectivity index (χ0v) is 11.5. The quantitative estimate of drug-likeness (QED) is 0.712. The summed E-state index contributed by atoms with van der Waals surface area (Å²) in [4.78, 5) is 18.5. The fourth-order valence-electron chi connectivity index (χ4n) is 2.27. The molecule has 0 aliphatic heterocycles. The van der Waals surface area contributed by atoms with Crippen molar-refractivity contribution in [2.75, 3.05) is 0 Å². The first kappa shape index (κ1) is 13.1. The molecular weight excluding hydrogens is 271 g/mol. The number of hydrogen-bond acceptors (Lipinski definition) is 3. The van der Waals surface area contributed by atoms with Crippen molar-refractivity contribution < 1.29 is 14.3 Å². The van der Waals surface area contributed by atoms with Crippen LogP contribution in [0.2, 0.25) is 0 Å². The van der Waals surface area contributed by atoms with E-state index < -0.39 is 8.60 Å². The van der Waals surface area contributed by atoms with Gasteiger partial charge in [-0.1, -0.05) is 60.7 Å². The summed E-state index contributed by atoms with van der Waals surface area (Å²) in [5, 5.41) is 1.86. The van der Waals surface area contributed by atoms with E-state index in [1.54, 1.807) is 0 Å². The van der Waals surface area contributed by atoms with Gasteiger partial charge in [0, 0.05) is 10.9 Å². The lowest BCUT2D eigenvalue weighted by molar-refractivity contribution is 0.377. The van der Waals surface area contributed by atoms with Crippen molar-refractivity contribution in [1.82, 2.24) is 0 Å². The van der Waals surface area contributed by atoms with Crippen LogP contribution in [0.5, 0.6) is 5.75 Å². The Kier molecular flexibility index (Phi) is 3.66. The third-order valence-electron chi connectivity index (χ3n) is 3.14. The lowest BCUT2D eigenvalue weighted by atomic mass is 10.00. The van der Waals surface area contributed by atoms with E-state index in [9.17, 15) is 9.79 Å². The normalized spacial score (nSPS) is 10.9. The van der Waals surface area contributed by atoms with Crippen LogP contribution in [0.25, 0.3) is 21.9 Å². The second kappa shape index (κ2) is 5.59. The first-order chi connectivity index (χ1) is 9.75. The molecule has 0 amide bonds. The molecule has 0 unspecified atom stereocenters. The van der Waals surface area contributed by atoms with Gasteiger partial charge >= 0.3 is 8.60 Å². The highest BCUT2D eigenvalue weighted by Crippen LogP contribution is 2.42. The van der Waals surface area contributed by atoms with Crippen LogP contribution in [0, 0.1) is 0 Å². The molecule has 3 nitrogen and oxygen atoms in total. The fourth-order valence-corrected chi connectivity index (χ4v) is 2.63. The Morgan fingerprint density at radius 1 is 0.750 bits per heavy atom. The molecule has 3 aromatic carbocycles. The molecule has 4 heteroatoms. The smallest absolute Gasteiger partial charge is 0.391 e. The summed E-state index contributed by atoms with van der Waals surface area (Å²) in [7, 11) is -2.46. The van der Waals surface area contributed by atoms with Gasteiger partial charge in [-0.05, 0) is 17.0 Å². The summed E-state index contributed by atoms with van der Waals surface area (Å²) in [5.74, 6) is 0.505. The molecule has 0 aromatic heterocycles. The second-order valence-corrected chi connectivity index (χ2v) is 5.06. The van der Waals surface area contributed by atoms with E-state index in [4.69, 9.17) is 4.52 Å². The van der Waals surface area contributed by atoms with Gasteiger partial charge in [0.2, 0.25) is 0 Å². The lowest BCUT2D eigenvalue weighted by Gasteiger charge is -2.14. The molecule has 3 aromatic rings. The maximum atomic E-state index is 9.23. The number of benzene rings is 3. The molecule has 0 fully saturated rings. The van der Waals surface area contributed by atoms with Crippen molar-refractivity contribution in [3.63, 3.8) is 0 Å². The first-order valence-corrected chi connectivity index (χ1v) is 7.35. The highest BCUT2D eigenvalue weighted by molar-refractivity contribution is 7.39. The Balaban J connectivity index is 2.26. The number of fused-ring (bicyclic) bond motifs is 1. The molecule has 0 atom stereocenters. The SMILES string of the molecule is OP(O)Oc1c(-c2ccccc2)ccc2ccccc12. The van der Waals surface area contributed by atoms with Crippen LogP contribution in [0.3, 0.4) is 0 Å². The monoisotopic (exact) mass is 284 g/mol. The molecule has 0 saturated carbocycles. The van der Waals surface area contributed by atoms with Gasteiger partial charge in [-0.15, -0.1) is 0 Å². The molecule has 0 bridgehead atoms. The molecule has 0 radical (unpaired) electrons. The van der Waals surface area contributed by atoms with Crippen LogP contribution in [0.1, 0.15) is 0 Å². The van der Waals surface area contributed by atoms with Gasteiger partial charge in [-0.2, -0.15) is 0 Å². The van der Waals surface area contributed by atoms with Crippen LogP contribution in [-0.2, 0) is 0 Å². The van der Waals surface area contributed by atoms with E-state index in [0.29, 0.717) is 5.75 Å². The van der Waals surface area contributed by atoms with Crippen molar-refractivity contribution in [2.45, 2.75) is 0 Å². The fraction of sp³-hybridized carbons (Fsp3) is 0. The molecule has 20 heavy (non-hydrogen) atoms. The average molecular weight is 284 g/mol. The van der Waals surface area contributed by atoms with Gasteiger partial charge in [-0.25, -0.2) is 0 Å². The van der Waals surface area contributed by atoms with Crippen LogP contribution >= 0.6 is 8.60 Å². The van der Waals surface area contributed by atoms with E-state index in [1.165, 1.54) is 0 Å². The predicted octanol–water partition coefficient (Wildman–Crippen LogP) is 4.10. The van der Waals surface area contributed by atoms with Crippen molar-refractivity contribution in [3.8, 4) is 16.9 Å². The van der Waals surface area contributed by atoms with E-state index in [0.717, 1.165) is 21.9 Å². The minimum Gasteiger partial charge on any atom is -0.426 e. The molecule has 2 N–H and O–H groups in total. The van der Waals surface area contributed by atoms with E-state index >= 15 is 0 Å².